The summed E-state index contributed by atoms with van der Waals surface area (Å²) in [6.45, 7) is 6.45. The monoisotopic (exact) mass is 529 g/mol. The van der Waals surface area contributed by atoms with Crippen LogP contribution in [0.5, 0.6) is 0 Å². The Bertz CT molecular complexity index is 1250. The Kier molecular flexibility index (Phi) is 8.64. The van der Waals surface area contributed by atoms with E-state index < -0.39 is 15.6 Å². The van der Waals surface area contributed by atoms with Gasteiger partial charge in [-0.25, -0.2) is 24.1 Å². The summed E-state index contributed by atoms with van der Waals surface area (Å²) < 4.78 is 22.9. The minimum Gasteiger partial charge on any atom is -0.378 e. The van der Waals surface area contributed by atoms with Crippen molar-refractivity contribution in [2.75, 3.05) is 57.4 Å². The molecule has 0 spiro atoms. The summed E-state index contributed by atoms with van der Waals surface area (Å²) in [5.41, 5.74) is 2.66. The summed E-state index contributed by atoms with van der Waals surface area (Å²) in [5, 5.41) is 15.6. The Hall–Kier alpha value is -2.38. The number of halogens is 1. The number of likely N-dealkylation sites (tertiary alicyclic amines) is 1. The van der Waals surface area contributed by atoms with Gasteiger partial charge < -0.3 is 19.3 Å². The Labute approximate surface area is 221 Å². The number of pyridine rings is 1. The molecule has 3 aromatic rings. The van der Waals surface area contributed by atoms with Gasteiger partial charge >= 0.3 is 0 Å². The van der Waals surface area contributed by atoms with E-state index in [2.05, 4.69) is 56.4 Å². The van der Waals surface area contributed by atoms with Gasteiger partial charge in [0.05, 0.1) is 24.5 Å². The molecule has 0 radical (unpaired) electrons. The Morgan fingerprint density at radius 3 is 2.62 bits per heavy atom. The predicted octanol–water partition coefficient (Wildman–Crippen LogP) is 4.30. The van der Waals surface area contributed by atoms with E-state index in [0.717, 1.165) is 60.3 Å². The van der Waals surface area contributed by atoms with Gasteiger partial charge in [-0.15, -0.1) is 0 Å². The van der Waals surface area contributed by atoms with Gasteiger partial charge in [0.1, 0.15) is 24.7 Å². The highest BCUT2D eigenvalue weighted by molar-refractivity contribution is 8.32. The number of hydrogen-bond acceptors (Lipinski definition) is 5. The van der Waals surface area contributed by atoms with Crippen molar-refractivity contribution >= 4 is 20.9 Å². The van der Waals surface area contributed by atoms with Crippen molar-refractivity contribution < 1.29 is 14.2 Å². The summed E-state index contributed by atoms with van der Waals surface area (Å²) in [6.07, 6.45) is 16.8. The van der Waals surface area contributed by atoms with Crippen LogP contribution in [0, 0.1) is 11.8 Å². The van der Waals surface area contributed by atoms with Gasteiger partial charge in [-0.05, 0) is 57.4 Å². The van der Waals surface area contributed by atoms with Crippen LogP contribution in [0.1, 0.15) is 38.4 Å². The van der Waals surface area contributed by atoms with E-state index >= 15 is 0 Å². The van der Waals surface area contributed by atoms with Crippen molar-refractivity contribution in [3.63, 3.8) is 0 Å². The first kappa shape index (κ1) is 27.6. The molecule has 1 aliphatic rings. The second-order valence-corrected chi connectivity index (χ2v) is 15.8. The SMILES string of the molecule is CC(C)(O)C#Cc1cc2c(-c3cnn(COCCS(C)(C)C)c3)cn(C3CCN(CCF)CC3)c2cn1. The van der Waals surface area contributed by atoms with Gasteiger partial charge in [-0.1, -0.05) is 5.92 Å². The fourth-order valence-electron chi connectivity index (χ4n) is 4.55. The van der Waals surface area contributed by atoms with Crippen molar-refractivity contribution in [2.45, 2.75) is 45.1 Å². The molecule has 4 rings (SSSR count). The number of piperidine rings is 1. The Morgan fingerprint density at radius 2 is 1.95 bits per heavy atom. The first-order valence-electron chi connectivity index (χ1n) is 12.8. The summed E-state index contributed by atoms with van der Waals surface area (Å²) in [7, 11) is -0.585. The summed E-state index contributed by atoms with van der Waals surface area (Å²) >= 11 is 0. The summed E-state index contributed by atoms with van der Waals surface area (Å²) in [4.78, 5) is 6.78. The minimum atomic E-state index is -1.09. The highest BCUT2D eigenvalue weighted by Gasteiger charge is 2.23. The highest BCUT2D eigenvalue weighted by atomic mass is 32.3. The molecule has 7 nitrogen and oxygen atoms in total. The summed E-state index contributed by atoms with van der Waals surface area (Å²) in [5.74, 6) is 6.95. The van der Waals surface area contributed by atoms with Crippen LogP contribution in [0.2, 0.25) is 0 Å². The lowest BCUT2D eigenvalue weighted by atomic mass is 10.0. The van der Waals surface area contributed by atoms with Crippen molar-refractivity contribution in [1.29, 1.82) is 0 Å². The molecule has 1 saturated heterocycles. The number of fused-ring (bicyclic) bond motifs is 1. The number of ether oxygens (including phenoxy) is 1. The number of hydrogen-bond donors (Lipinski definition) is 1. The zero-order valence-electron chi connectivity index (χ0n) is 22.7. The molecule has 0 aliphatic carbocycles. The van der Waals surface area contributed by atoms with Crippen LogP contribution in [0.25, 0.3) is 22.0 Å². The van der Waals surface area contributed by atoms with E-state index in [1.165, 1.54) is 0 Å². The summed E-state index contributed by atoms with van der Waals surface area (Å²) in [6, 6.07) is 2.32. The largest absolute Gasteiger partial charge is 0.378 e. The Morgan fingerprint density at radius 1 is 1.19 bits per heavy atom. The Balaban J connectivity index is 1.63. The molecule has 1 N–H and O–H groups in total. The molecule has 0 saturated carbocycles. The van der Waals surface area contributed by atoms with Crippen molar-refractivity contribution in [3.05, 3.63) is 36.5 Å². The van der Waals surface area contributed by atoms with Gasteiger partial charge in [-0.3, -0.25) is 0 Å². The first-order chi connectivity index (χ1) is 17.5. The third-order valence-corrected chi connectivity index (χ3v) is 7.97. The van der Waals surface area contributed by atoms with Gasteiger partial charge in [0, 0.05) is 60.3 Å². The molecule has 0 unspecified atom stereocenters. The molecular formula is C28H40FN5O2S. The molecule has 202 valence electrons. The molecule has 9 heteroatoms. The number of aliphatic hydroxyl groups is 1. The fourth-order valence-corrected chi connectivity index (χ4v) is 5.16. The maximum Gasteiger partial charge on any atom is 0.139 e. The molecule has 0 atom stereocenters. The predicted molar refractivity (Wildman–Crippen MR) is 151 cm³/mol. The average Bonchev–Trinajstić information content (AvgIpc) is 3.45. The quantitative estimate of drug-likeness (QED) is 0.331. The molecule has 3 aromatic heterocycles. The minimum absolute atomic E-state index is 0.301. The van der Waals surface area contributed by atoms with Gasteiger partial charge in [0.15, 0.2) is 0 Å². The maximum atomic E-state index is 12.8. The number of aromatic nitrogens is 4. The lowest BCUT2D eigenvalue weighted by Crippen LogP contribution is -2.35. The third-order valence-electron chi connectivity index (χ3n) is 6.58. The third kappa shape index (κ3) is 7.57. The second-order valence-electron chi connectivity index (χ2n) is 11.2. The topological polar surface area (TPSA) is 68.3 Å². The van der Waals surface area contributed by atoms with Gasteiger partial charge in [-0.2, -0.15) is 5.10 Å². The molecule has 0 aromatic carbocycles. The van der Waals surface area contributed by atoms with Crippen molar-refractivity contribution in [1.82, 2.24) is 24.2 Å². The molecule has 1 fully saturated rings. The number of alkyl halides is 1. The van der Waals surface area contributed by atoms with E-state index in [1.54, 1.807) is 13.8 Å². The normalized spacial score (nSPS) is 16.2. The molecule has 0 amide bonds. The second kappa shape index (κ2) is 11.6. The number of nitrogens with zero attached hydrogens (tertiary/aromatic N) is 5. The zero-order valence-corrected chi connectivity index (χ0v) is 23.5. The van der Waals surface area contributed by atoms with Crippen molar-refractivity contribution in [3.8, 4) is 23.0 Å². The average molecular weight is 530 g/mol. The number of rotatable bonds is 9. The standard InChI is InChI=1S/C28H40FN5O2S/c1-28(2,35)9-6-23-16-25-26(22-17-31-33(19-22)21-36-14-15-37(3,4)5)20-34(27(25)18-30-23)24-7-11-32(12-8-24)13-10-29/h16-20,24,35H,7-8,10-15,21H2,1-5H3. The van der Waals surface area contributed by atoms with Gasteiger partial charge in [0.25, 0.3) is 0 Å². The lowest BCUT2D eigenvalue weighted by molar-refractivity contribution is 0.0809. The maximum absolute atomic E-state index is 12.8. The van der Waals surface area contributed by atoms with Crippen molar-refractivity contribution in [2.24, 2.45) is 0 Å². The first-order valence-corrected chi connectivity index (χ1v) is 15.9. The molecular weight excluding hydrogens is 489 g/mol. The van der Waals surface area contributed by atoms with Crippen LogP contribution < -0.4 is 0 Å². The van der Waals surface area contributed by atoms with Crippen LogP contribution in [-0.4, -0.2) is 92.4 Å². The molecule has 4 heterocycles. The van der Waals surface area contributed by atoms with E-state index in [4.69, 9.17) is 4.74 Å². The van der Waals surface area contributed by atoms with E-state index in [1.807, 2.05) is 29.3 Å². The molecule has 0 bridgehead atoms. The smallest absolute Gasteiger partial charge is 0.139 e. The van der Waals surface area contributed by atoms with Gasteiger partial charge in [0.2, 0.25) is 0 Å². The molecule has 1 aliphatic heterocycles. The van der Waals surface area contributed by atoms with Crippen LogP contribution in [0.15, 0.2) is 30.9 Å². The van der Waals surface area contributed by atoms with Crippen LogP contribution >= 0.6 is 10.0 Å². The highest BCUT2D eigenvalue weighted by Crippen LogP contribution is 2.36. The van der Waals surface area contributed by atoms with E-state index in [-0.39, 0.29) is 6.67 Å². The fraction of sp³-hybridized carbons (Fsp3) is 0.571. The molecule has 37 heavy (non-hydrogen) atoms. The van der Waals surface area contributed by atoms with E-state index in [9.17, 15) is 9.50 Å². The zero-order chi connectivity index (χ0) is 26.6. The van der Waals surface area contributed by atoms with Crippen LogP contribution in [-0.2, 0) is 11.5 Å². The van der Waals surface area contributed by atoms with Crippen LogP contribution in [0.4, 0.5) is 4.39 Å². The lowest BCUT2D eigenvalue weighted by Gasteiger charge is -2.32. The van der Waals surface area contributed by atoms with Crippen LogP contribution in [0.3, 0.4) is 0 Å². The van der Waals surface area contributed by atoms with E-state index in [0.29, 0.717) is 25.0 Å².